The van der Waals surface area contributed by atoms with Crippen molar-refractivity contribution in [3.63, 3.8) is 0 Å². The molecule has 2 aromatic carbocycles. The maximum absolute atomic E-state index is 5.38. The van der Waals surface area contributed by atoms with Gasteiger partial charge in [0.2, 0.25) is 11.7 Å². The Morgan fingerprint density at radius 1 is 1.07 bits per heavy atom. The van der Waals surface area contributed by atoms with Crippen LogP contribution < -0.4 is 4.74 Å². The number of aryl methyl sites for hydroxylation is 1. The van der Waals surface area contributed by atoms with Crippen molar-refractivity contribution in [3.05, 3.63) is 60.0 Å². The molecule has 0 aliphatic rings. The molecule has 0 atom stereocenters. The highest BCUT2D eigenvalue weighted by atomic mass is 32.2. The standard InChI is InChI=1S/C20H19N5O2S/c1-13-6-4-5-7-16(13)19-22-23-20(25(19)2)28-12-17-21-18(24-27-17)14-8-10-15(26-3)11-9-14/h4-11H,12H2,1-3H3. The van der Waals surface area contributed by atoms with E-state index in [0.717, 1.165) is 33.4 Å². The van der Waals surface area contributed by atoms with E-state index < -0.39 is 0 Å². The normalized spacial score (nSPS) is 11.0. The molecule has 142 valence electrons. The summed E-state index contributed by atoms with van der Waals surface area (Å²) in [6.45, 7) is 2.07. The highest BCUT2D eigenvalue weighted by molar-refractivity contribution is 7.98. The quantitative estimate of drug-likeness (QED) is 0.456. The van der Waals surface area contributed by atoms with Gasteiger partial charge in [-0.25, -0.2) is 0 Å². The van der Waals surface area contributed by atoms with Gasteiger partial charge in [-0.15, -0.1) is 10.2 Å². The summed E-state index contributed by atoms with van der Waals surface area (Å²) < 4.78 is 12.5. The number of hydrogen-bond donors (Lipinski definition) is 0. The second-order valence-corrected chi connectivity index (χ2v) is 7.15. The number of aromatic nitrogens is 5. The molecule has 0 aliphatic carbocycles. The van der Waals surface area contributed by atoms with Gasteiger partial charge < -0.3 is 13.8 Å². The molecule has 4 aromatic rings. The van der Waals surface area contributed by atoms with Gasteiger partial charge in [-0.1, -0.05) is 41.2 Å². The minimum atomic E-state index is 0.517. The molecule has 0 N–H and O–H groups in total. The number of methoxy groups -OCH3 is 1. The molecule has 0 fully saturated rings. The lowest BCUT2D eigenvalue weighted by Crippen LogP contribution is -1.96. The van der Waals surface area contributed by atoms with Gasteiger partial charge in [-0.05, 0) is 36.8 Å². The molecule has 0 unspecified atom stereocenters. The fourth-order valence-corrected chi connectivity index (χ4v) is 3.54. The number of hydrogen-bond acceptors (Lipinski definition) is 7. The highest BCUT2D eigenvalue weighted by Crippen LogP contribution is 2.27. The van der Waals surface area contributed by atoms with Gasteiger partial charge in [0.05, 0.1) is 12.9 Å². The predicted octanol–water partition coefficient (Wildman–Crippen LogP) is 4.14. The minimum Gasteiger partial charge on any atom is -0.497 e. The fourth-order valence-electron chi connectivity index (χ4n) is 2.80. The Morgan fingerprint density at radius 3 is 2.61 bits per heavy atom. The Bertz CT molecular complexity index is 1090. The third-order valence-electron chi connectivity index (χ3n) is 4.36. The largest absolute Gasteiger partial charge is 0.497 e. The number of rotatable bonds is 6. The van der Waals surface area contributed by atoms with E-state index in [-0.39, 0.29) is 0 Å². The van der Waals surface area contributed by atoms with Gasteiger partial charge in [0.1, 0.15) is 5.75 Å². The van der Waals surface area contributed by atoms with E-state index in [1.54, 1.807) is 7.11 Å². The molecular formula is C20H19N5O2S. The molecule has 28 heavy (non-hydrogen) atoms. The van der Waals surface area contributed by atoms with E-state index in [1.165, 1.54) is 11.8 Å². The molecule has 0 saturated heterocycles. The zero-order valence-electron chi connectivity index (χ0n) is 15.8. The second kappa shape index (κ2) is 7.85. The van der Waals surface area contributed by atoms with Crippen LogP contribution in [0.2, 0.25) is 0 Å². The summed E-state index contributed by atoms with van der Waals surface area (Å²) in [7, 11) is 3.59. The van der Waals surface area contributed by atoms with Crippen LogP contribution in [0.5, 0.6) is 5.75 Å². The maximum Gasteiger partial charge on any atom is 0.237 e. The van der Waals surface area contributed by atoms with Crippen LogP contribution >= 0.6 is 11.8 Å². The summed E-state index contributed by atoms with van der Waals surface area (Å²) >= 11 is 1.51. The van der Waals surface area contributed by atoms with Gasteiger partial charge in [0.25, 0.3) is 0 Å². The van der Waals surface area contributed by atoms with Crippen LogP contribution in [0.1, 0.15) is 11.5 Å². The smallest absolute Gasteiger partial charge is 0.237 e. The van der Waals surface area contributed by atoms with Crippen molar-refractivity contribution in [2.45, 2.75) is 17.8 Å². The number of ether oxygens (including phenoxy) is 1. The van der Waals surface area contributed by atoms with Crippen molar-refractivity contribution in [2.24, 2.45) is 7.05 Å². The lowest BCUT2D eigenvalue weighted by molar-refractivity contribution is 0.391. The van der Waals surface area contributed by atoms with Crippen LogP contribution in [0.3, 0.4) is 0 Å². The third kappa shape index (κ3) is 3.63. The first kappa shape index (κ1) is 18.2. The SMILES string of the molecule is COc1ccc(-c2noc(CSc3nnc(-c4ccccc4C)n3C)n2)cc1. The molecule has 7 nitrogen and oxygen atoms in total. The van der Waals surface area contributed by atoms with Gasteiger partial charge >= 0.3 is 0 Å². The Hall–Kier alpha value is -3.13. The third-order valence-corrected chi connectivity index (χ3v) is 5.37. The van der Waals surface area contributed by atoms with Gasteiger partial charge in [-0.2, -0.15) is 4.98 Å². The molecule has 2 aromatic heterocycles. The zero-order chi connectivity index (χ0) is 19.5. The molecule has 0 radical (unpaired) electrons. The lowest BCUT2D eigenvalue weighted by Gasteiger charge is -2.05. The summed E-state index contributed by atoms with van der Waals surface area (Å²) in [6, 6.07) is 15.7. The molecule has 4 rings (SSSR count). The lowest BCUT2D eigenvalue weighted by atomic mass is 10.1. The van der Waals surface area contributed by atoms with Crippen molar-refractivity contribution < 1.29 is 9.26 Å². The Labute approximate surface area is 166 Å². The summed E-state index contributed by atoms with van der Waals surface area (Å²) in [4.78, 5) is 4.46. The van der Waals surface area contributed by atoms with Crippen LogP contribution in [0, 0.1) is 6.92 Å². The monoisotopic (exact) mass is 393 g/mol. The Morgan fingerprint density at radius 2 is 1.86 bits per heavy atom. The number of thioether (sulfide) groups is 1. The van der Waals surface area contributed by atoms with E-state index in [1.807, 2.05) is 54.1 Å². The molecular weight excluding hydrogens is 374 g/mol. The van der Waals surface area contributed by atoms with E-state index in [0.29, 0.717) is 17.5 Å². The number of nitrogens with zero attached hydrogens (tertiary/aromatic N) is 5. The van der Waals surface area contributed by atoms with Crippen molar-refractivity contribution in [3.8, 4) is 28.5 Å². The molecule has 0 saturated carbocycles. The molecule has 0 amide bonds. The molecule has 0 spiro atoms. The Kier molecular flexibility index (Phi) is 5.12. The van der Waals surface area contributed by atoms with Gasteiger partial charge in [0.15, 0.2) is 11.0 Å². The van der Waals surface area contributed by atoms with Gasteiger partial charge in [0, 0.05) is 18.2 Å². The van der Waals surface area contributed by atoms with E-state index >= 15 is 0 Å². The van der Waals surface area contributed by atoms with Crippen LogP contribution in [0.25, 0.3) is 22.8 Å². The van der Waals surface area contributed by atoms with E-state index in [4.69, 9.17) is 9.26 Å². The van der Waals surface area contributed by atoms with Crippen molar-refractivity contribution in [1.29, 1.82) is 0 Å². The first-order valence-corrected chi connectivity index (χ1v) is 9.69. The highest BCUT2D eigenvalue weighted by Gasteiger charge is 2.15. The van der Waals surface area contributed by atoms with Crippen molar-refractivity contribution in [2.75, 3.05) is 7.11 Å². The molecule has 0 aliphatic heterocycles. The predicted molar refractivity (Wildman–Crippen MR) is 107 cm³/mol. The summed E-state index contributed by atoms with van der Waals surface area (Å²) in [5.41, 5.74) is 3.11. The summed E-state index contributed by atoms with van der Waals surface area (Å²) in [6.07, 6.45) is 0. The second-order valence-electron chi connectivity index (χ2n) is 6.21. The van der Waals surface area contributed by atoms with Gasteiger partial charge in [-0.3, -0.25) is 0 Å². The molecule has 8 heteroatoms. The average molecular weight is 393 g/mol. The summed E-state index contributed by atoms with van der Waals surface area (Å²) in [5.74, 6) is 3.23. The molecule has 2 heterocycles. The van der Waals surface area contributed by atoms with Crippen LogP contribution in [0.4, 0.5) is 0 Å². The van der Waals surface area contributed by atoms with Crippen molar-refractivity contribution >= 4 is 11.8 Å². The van der Waals surface area contributed by atoms with Crippen LogP contribution in [0.15, 0.2) is 58.2 Å². The Balaban J connectivity index is 1.47. The maximum atomic E-state index is 5.38. The minimum absolute atomic E-state index is 0.517. The van der Waals surface area contributed by atoms with E-state index in [9.17, 15) is 0 Å². The first-order valence-electron chi connectivity index (χ1n) is 8.71. The molecule has 0 bridgehead atoms. The topological polar surface area (TPSA) is 78.9 Å². The van der Waals surface area contributed by atoms with E-state index in [2.05, 4.69) is 33.3 Å². The first-order chi connectivity index (χ1) is 13.7. The zero-order valence-corrected chi connectivity index (χ0v) is 16.6. The van der Waals surface area contributed by atoms with Crippen LogP contribution in [-0.4, -0.2) is 32.0 Å². The van der Waals surface area contributed by atoms with Crippen LogP contribution in [-0.2, 0) is 12.8 Å². The number of benzene rings is 2. The average Bonchev–Trinajstić information content (AvgIpc) is 3.34. The fraction of sp³-hybridized carbons (Fsp3) is 0.200. The van der Waals surface area contributed by atoms with Crippen molar-refractivity contribution in [1.82, 2.24) is 24.9 Å². The summed E-state index contributed by atoms with van der Waals surface area (Å²) in [5, 5.41) is 13.5.